The van der Waals surface area contributed by atoms with Gasteiger partial charge < -0.3 is 15.4 Å². The van der Waals surface area contributed by atoms with Gasteiger partial charge in [0.05, 0.1) is 19.3 Å². The molecule has 0 spiro atoms. The minimum absolute atomic E-state index is 0. The van der Waals surface area contributed by atoms with Gasteiger partial charge in [0.25, 0.3) is 0 Å². The van der Waals surface area contributed by atoms with Crippen LogP contribution in [0.15, 0.2) is 47.0 Å². The molecule has 0 fully saturated rings. The minimum Gasteiger partial charge on any atom is -0.497 e. The molecule has 3 aromatic rings. The number of nitrogens with one attached hydrogen (secondary N) is 2. The number of hydrogen-bond acceptors (Lipinski definition) is 4. The van der Waals surface area contributed by atoms with Gasteiger partial charge in [-0.05, 0) is 31.0 Å². The van der Waals surface area contributed by atoms with Gasteiger partial charge in [-0.2, -0.15) is 0 Å². The van der Waals surface area contributed by atoms with Gasteiger partial charge in [-0.15, -0.1) is 35.3 Å². The molecule has 0 aliphatic heterocycles. The van der Waals surface area contributed by atoms with Crippen molar-refractivity contribution in [3.63, 3.8) is 0 Å². The summed E-state index contributed by atoms with van der Waals surface area (Å²) in [6.45, 7) is 4.27. The molecule has 0 saturated heterocycles. The molecule has 2 heterocycles. The van der Waals surface area contributed by atoms with E-state index in [1.807, 2.05) is 34.3 Å². The summed E-state index contributed by atoms with van der Waals surface area (Å²) in [4.78, 5) is 10.2. The highest BCUT2D eigenvalue weighted by molar-refractivity contribution is 14.0. The van der Waals surface area contributed by atoms with Crippen molar-refractivity contribution in [2.45, 2.75) is 19.9 Å². The van der Waals surface area contributed by atoms with E-state index >= 15 is 0 Å². The van der Waals surface area contributed by atoms with Gasteiger partial charge in [-0.25, -0.2) is 9.98 Å². The minimum atomic E-state index is 0. The Morgan fingerprint density at radius 2 is 2.08 bits per heavy atom. The number of rotatable bonds is 7. The smallest absolute Gasteiger partial charge is 0.193 e. The van der Waals surface area contributed by atoms with E-state index in [9.17, 15) is 0 Å². The van der Waals surface area contributed by atoms with E-state index in [4.69, 9.17) is 4.74 Å². The number of benzene rings is 1. The molecule has 0 unspecified atom stereocenters. The number of aliphatic imine (C=N–C) groups is 1. The second kappa shape index (κ2) is 10.4. The number of methoxy groups -OCH3 is 1. The summed E-state index contributed by atoms with van der Waals surface area (Å²) >= 11 is 1.63. The van der Waals surface area contributed by atoms with Crippen molar-refractivity contribution in [1.82, 2.24) is 20.0 Å². The Bertz CT molecular complexity index is 799. The Balaban J connectivity index is 0.00000243. The number of guanidine groups is 1. The van der Waals surface area contributed by atoms with Crippen LogP contribution in [0.4, 0.5) is 0 Å². The van der Waals surface area contributed by atoms with Crippen LogP contribution in [-0.2, 0) is 13.0 Å². The fraction of sp³-hybridized carbons (Fsp3) is 0.333. The van der Waals surface area contributed by atoms with Gasteiger partial charge in [0.1, 0.15) is 5.75 Å². The summed E-state index contributed by atoms with van der Waals surface area (Å²) in [7, 11) is 1.68. The molecule has 0 atom stereocenters. The molecule has 1 aromatic carbocycles. The predicted octanol–water partition coefficient (Wildman–Crippen LogP) is 3.32. The molecule has 0 amide bonds. The average molecular weight is 485 g/mol. The lowest BCUT2D eigenvalue weighted by molar-refractivity contribution is 0.414. The molecule has 0 aliphatic rings. The number of imidazole rings is 1. The van der Waals surface area contributed by atoms with Crippen molar-refractivity contribution in [3.8, 4) is 5.75 Å². The van der Waals surface area contributed by atoms with Gasteiger partial charge in [0.15, 0.2) is 10.9 Å². The zero-order valence-electron chi connectivity index (χ0n) is 14.9. The molecule has 0 saturated carbocycles. The van der Waals surface area contributed by atoms with Crippen molar-refractivity contribution >= 4 is 46.2 Å². The van der Waals surface area contributed by atoms with Gasteiger partial charge in [0, 0.05) is 30.9 Å². The van der Waals surface area contributed by atoms with Crippen molar-refractivity contribution in [1.29, 1.82) is 0 Å². The van der Waals surface area contributed by atoms with Gasteiger partial charge in [-0.3, -0.25) is 4.40 Å². The predicted molar refractivity (Wildman–Crippen MR) is 118 cm³/mol. The second-order valence-corrected chi connectivity index (χ2v) is 6.42. The molecule has 2 aromatic heterocycles. The molecule has 3 rings (SSSR count). The van der Waals surface area contributed by atoms with Crippen LogP contribution in [-0.4, -0.2) is 35.5 Å². The van der Waals surface area contributed by atoms with Crippen LogP contribution in [0.2, 0.25) is 0 Å². The van der Waals surface area contributed by atoms with Gasteiger partial charge in [-0.1, -0.05) is 12.1 Å². The first-order valence-corrected chi connectivity index (χ1v) is 9.22. The van der Waals surface area contributed by atoms with Crippen LogP contribution in [0.5, 0.6) is 5.75 Å². The Morgan fingerprint density at radius 3 is 2.77 bits per heavy atom. The number of ether oxygens (including phenoxy) is 1. The van der Waals surface area contributed by atoms with Crippen LogP contribution in [0.1, 0.15) is 18.2 Å². The first kappa shape index (κ1) is 20.5. The highest BCUT2D eigenvalue weighted by Gasteiger charge is 2.03. The van der Waals surface area contributed by atoms with Crippen molar-refractivity contribution in [3.05, 3.63) is 53.3 Å². The van der Waals surface area contributed by atoms with E-state index in [0.717, 1.165) is 41.9 Å². The fourth-order valence-corrected chi connectivity index (χ4v) is 3.19. The number of halogens is 1. The highest BCUT2D eigenvalue weighted by atomic mass is 127. The first-order chi connectivity index (χ1) is 12.3. The van der Waals surface area contributed by atoms with Gasteiger partial charge >= 0.3 is 0 Å². The Morgan fingerprint density at radius 1 is 1.27 bits per heavy atom. The molecule has 140 valence electrons. The molecular weight excluding hydrogens is 461 g/mol. The fourth-order valence-electron chi connectivity index (χ4n) is 2.47. The topological polar surface area (TPSA) is 63.0 Å². The second-order valence-electron chi connectivity index (χ2n) is 5.55. The monoisotopic (exact) mass is 485 g/mol. The number of thiazole rings is 1. The average Bonchev–Trinajstić information content (AvgIpc) is 3.22. The molecule has 0 radical (unpaired) electrons. The van der Waals surface area contributed by atoms with E-state index in [1.54, 1.807) is 18.4 Å². The van der Waals surface area contributed by atoms with Crippen LogP contribution in [0.25, 0.3) is 4.96 Å². The van der Waals surface area contributed by atoms with Crippen LogP contribution in [0.3, 0.4) is 0 Å². The summed E-state index contributed by atoms with van der Waals surface area (Å²) in [6.07, 6.45) is 4.96. The molecule has 0 aliphatic carbocycles. The molecular formula is C18H24IN5OS. The number of fused-ring (bicyclic) bond motifs is 1. The molecule has 0 bridgehead atoms. The van der Waals surface area contributed by atoms with Crippen molar-refractivity contribution < 1.29 is 4.74 Å². The number of nitrogens with zero attached hydrogens (tertiary/aromatic N) is 3. The lowest BCUT2D eigenvalue weighted by atomic mass is 10.1. The van der Waals surface area contributed by atoms with E-state index in [0.29, 0.717) is 6.54 Å². The Hall–Kier alpha value is -1.81. The molecule has 26 heavy (non-hydrogen) atoms. The summed E-state index contributed by atoms with van der Waals surface area (Å²) in [6, 6.07) is 8.14. The van der Waals surface area contributed by atoms with Crippen molar-refractivity contribution in [2.24, 2.45) is 4.99 Å². The maximum atomic E-state index is 5.18. The van der Waals surface area contributed by atoms with Crippen LogP contribution < -0.4 is 15.4 Å². The summed E-state index contributed by atoms with van der Waals surface area (Å²) in [5, 5.41) is 8.67. The first-order valence-electron chi connectivity index (χ1n) is 8.34. The summed E-state index contributed by atoms with van der Waals surface area (Å²) in [5.74, 6) is 1.69. The maximum absolute atomic E-state index is 5.18. The quantitative estimate of drug-likeness (QED) is 0.306. The van der Waals surface area contributed by atoms with Crippen LogP contribution >= 0.6 is 35.3 Å². The Kier molecular flexibility index (Phi) is 8.17. The van der Waals surface area contributed by atoms with Crippen molar-refractivity contribution in [2.75, 3.05) is 20.2 Å². The Labute approximate surface area is 174 Å². The van der Waals surface area contributed by atoms with E-state index < -0.39 is 0 Å². The molecule has 8 heteroatoms. The molecule has 6 nitrogen and oxygen atoms in total. The third kappa shape index (κ3) is 5.60. The molecule has 2 N–H and O–H groups in total. The van der Waals surface area contributed by atoms with E-state index in [-0.39, 0.29) is 24.0 Å². The standard InChI is InChI=1S/C18H23N5OS.HI/c1-3-19-17(20-9-8-14-4-6-16(24-2)7-5-14)21-12-15-13-23-10-11-25-18(23)22-15;/h4-7,10-11,13H,3,8-9,12H2,1-2H3,(H2,19,20,21);1H. The highest BCUT2D eigenvalue weighted by Crippen LogP contribution is 2.12. The maximum Gasteiger partial charge on any atom is 0.193 e. The lowest BCUT2D eigenvalue weighted by Crippen LogP contribution is -2.38. The van der Waals surface area contributed by atoms with Gasteiger partial charge in [0.2, 0.25) is 0 Å². The zero-order valence-corrected chi connectivity index (χ0v) is 18.1. The third-order valence-corrected chi connectivity index (χ3v) is 4.52. The number of aromatic nitrogens is 2. The summed E-state index contributed by atoms with van der Waals surface area (Å²) < 4.78 is 7.21. The SMILES string of the molecule is CCNC(=NCc1cn2ccsc2n1)NCCc1ccc(OC)cc1.I. The summed E-state index contributed by atoms with van der Waals surface area (Å²) in [5.41, 5.74) is 2.23. The lowest BCUT2D eigenvalue weighted by Gasteiger charge is -2.11. The van der Waals surface area contributed by atoms with E-state index in [2.05, 4.69) is 39.7 Å². The number of hydrogen-bond donors (Lipinski definition) is 2. The van der Waals surface area contributed by atoms with Crippen LogP contribution in [0, 0.1) is 0 Å². The largest absolute Gasteiger partial charge is 0.497 e. The van der Waals surface area contributed by atoms with E-state index in [1.165, 1.54) is 5.56 Å². The normalized spacial score (nSPS) is 11.2. The third-order valence-electron chi connectivity index (χ3n) is 3.75. The zero-order chi connectivity index (χ0) is 17.5.